The Balaban J connectivity index is 1.86. The van der Waals surface area contributed by atoms with Gasteiger partial charge < -0.3 is 24.3 Å². The number of rotatable bonds is 9. The summed E-state index contributed by atoms with van der Waals surface area (Å²) in [7, 11) is 1.64. The highest BCUT2D eigenvalue weighted by molar-refractivity contribution is 5.93. The van der Waals surface area contributed by atoms with Crippen LogP contribution in [0, 0.1) is 0 Å². The van der Waals surface area contributed by atoms with Crippen LogP contribution in [0.5, 0.6) is 5.75 Å². The molecule has 0 spiro atoms. The Labute approximate surface area is 139 Å². The van der Waals surface area contributed by atoms with E-state index in [0.717, 1.165) is 12.0 Å². The lowest BCUT2D eigenvalue weighted by molar-refractivity contribution is 0.0659. The zero-order chi connectivity index (χ0) is 17.4. The Morgan fingerprint density at radius 1 is 1.17 bits per heavy atom. The molecule has 2 rings (SSSR count). The van der Waals surface area contributed by atoms with Gasteiger partial charge in [0.25, 0.3) is 5.91 Å². The van der Waals surface area contributed by atoms with Crippen molar-refractivity contribution in [1.82, 2.24) is 5.32 Å². The van der Waals surface area contributed by atoms with Crippen LogP contribution in [0.4, 0.5) is 0 Å². The second-order valence-corrected chi connectivity index (χ2v) is 4.99. The summed E-state index contributed by atoms with van der Waals surface area (Å²) >= 11 is 0. The van der Waals surface area contributed by atoms with Gasteiger partial charge in [-0.3, -0.25) is 4.79 Å². The second-order valence-electron chi connectivity index (χ2n) is 4.99. The van der Waals surface area contributed by atoms with E-state index in [1.54, 1.807) is 7.11 Å². The van der Waals surface area contributed by atoms with Crippen molar-refractivity contribution in [2.45, 2.75) is 13.0 Å². The highest BCUT2D eigenvalue weighted by atomic mass is 16.5. The van der Waals surface area contributed by atoms with Crippen LogP contribution >= 0.6 is 0 Å². The molecular weight excluding hydrogens is 314 g/mol. The maximum atomic E-state index is 11.9. The standard InChI is InChI=1S/C17H19NO6/c1-22-8-3-9-23-13-5-2-4-12(10-13)11-18-16(19)14-6-7-15(24-14)17(20)21/h2,4-7,10H,3,8-9,11H2,1H3,(H,18,19)(H,20,21). The molecule has 0 radical (unpaired) electrons. The van der Waals surface area contributed by atoms with E-state index < -0.39 is 11.9 Å². The molecule has 0 aliphatic carbocycles. The van der Waals surface area contributed by atoms with Gasteiger partial charge in [-0.1, -0.05) is 12.1 Å². The molecule has 0 aliphatic heterocycles. The SMILES string of the molecule is COCCCOc1cccc(CNC(=O)c2ccc(C(=O)O)o2)c1. The molecular formula is C17H19NO6. The molecule has 0 atom stereocenters. The van der Waals surface area contributed by atoms with Crippen LogP contribution in [-0.2, 0) is 11.3 Å². The maximum absolute atomic E-state index is 11.9. The highest BCUT2D eigenvalue weighted by Gasteiger charge is 2.14. The summed E-state index contributed by atoms with van der Waals surface area (Å²) < 4.78 is 15.5. The Bertz CT molecular complexity index is 694. The van der Waals surface area contributed by atoms with E-state index in [9.17, 15) is 9.59 Å². The average molecular weight is 333 g/mol. The van der Waals surface area contributed by atoms with Crippen LogP contribution in [0.25, 0.3) is 0 Å². The number of aromatic carboxylic acids is 1. The molecule has 0 bridgehead atoms. The van der Waals surface area contributed by atoms with Gasteiger partial charge in [0.05, 0.1) is 6.61 Å². The molecule has 7 heteroatoms. The molecule has 128 valence electrons. The van der Waals surface area contributed by atoms with E-state index >= 15 is 0 Å². The Kier molecular flexibility index (Phi) is 6.39. The molecule has 1 heterocycles. The number of furan rings is 1. The van der Waals surface area contributed by atoms with Crippen LogP contribution < -0.4 is 10.1 Å². The van der Waals surface area contributed by atoms with Gasteiger partial charge in [-0.15, -0.1) is 0 Å². The third-order valence-electron chi connectivity index (χ3n) is 3.15. The minimum absolute atomic E-state index is 0.0422. The van der Waals surface area contributed by atoms with Gasteiger partial charge in [0, 0.05) is 26.7 Å². The Morgan fingerprint density at radius 2 is 1.96 bits per heavy atom. The quantitative estimate of drug-likeness (QED) is 0.684. The molecule has 1 aromatic carbocycles. The van der Waals surface area contributed by atoms with Crippen molar-refractivity contribution in [3.63, 3.8) is 0 Å². The van der Waals surface area contributed by atoms with Gasteiger partial charge >= 0.3 is 5.97 Å². The summed E-state index contributed by atoms with van der Waals surface area (Å²) in [4.78, 5) is 22.7. The smallest absolute Gasteiger partial charge is 0.371 e. The van der Waals surface area contributed by atoms with Gasteiger partial charge in [-0.2, -0.15) is 0 Å². The first-order valence-electron chi connectivity index (χ1n) is 7.42. The Hall–Kier alpha value is -2.80. The monoisotopic (exact) mass is 333 g/mol. The van der Waals surface area contributed by atoms with Crippen molar-refractivity contribution in [2.24, 2.45) is 0 Å². The van der Waals surface area contributed by atoms with Gasteiger partial charge in [0.2, 0.25) is 5.76 Å². The number of carbonyl (C=O) groups is 2. The summed E-state index contributed by atoms with van der Waals surface area (Å²) in [6.07, 6.45) is 0.794. The number of amides is 1. The van der Waals surface area contributed by atoms with Crippen LogP contribution in [0.3, 0.4) is 0 Å². The van der Waals surface area contributed by atoms with E-state index in [-0.39, 0.29) is 18.1 Å². The van der Waals surface area contributed by atoms with Crippen LogP contribution in [0.15, 0.2) is 40.8 Å². The van der Waals surface area contributed by atoms with Gasteiger partial charge in [0.15, 0.2) is 5.76 Å². The molecule has 0 saturated carbocycles. The predicted octanol–water partition coefficient (Wildman–Crippen LogP) is 2.32. The third kappa shape index (κ3) is 5.13. The number of carbonyl (C=O) groups excluding carboxylic acids is 1. The molecule has 1 aromatic heterocycles. The summed E-state index contributed by atoms with van der Waals surface area (Å²) in [5.41, 5.74) is 0.859. The lowest BCUT2D eigenvalue weighted by atomic mass is 10.2. The first-order chi connectivity index (χ1) is 11.6. The second kappa shape index (κ2) is 8.73. The average Bonchev–Trinajstić information content (AvgIpc) is 3.07. The van der Waals surface area contributed by atoms with Crippen molar-refractivity contribution in [1.29, 1.82) is 0 Å². The molecule has 0 fully saturated rings. The predicted molar refractivity (Wildman–Crippen MR) is 85.3 cm³/mol. The molecule has 2 aromatic rings. The summed E-state index contributed by atoms with van der Waals surface area (Å²) in [5, 5.41) is 11.4. The molecule has 0 unspecified atom stereocenters. The molecule has 7 nitrogen and oxygen atoms in total. The first-order valence-corrected chi connectivity index (χ1v) is 7.42. The minimum atomic E-state index is -1.22. The van der Waals surface area contributed by atoms with E-state index in [1.807, 2.05) is 24.3 Å². The maximum Gasteiger partial charge on any atom is 0.371 e. The Morgan fingerprint density at radius 3 is 2.67 bits per heavy atom. The topological polar surface area (TPSA) is 98.0 Å². The lowest BCUT2D eigenvalue weighted by Gasteiger charge is -2.08. The number of methoxy groups -OCH3 is 1. The summed E-state index contributed by atoms with van der Waals surface area (Å²) in [6.45, 7) is 1.46. The van der Waals surface area contributed by atoms with Crippen molar-refractivity contribution in [3.8, 4) is 5.75 Å². The summed E-state index contributed by atoms with van der Waals surface area (Å²) in [6, 6.07) is 9.93. The van der Waals surface area contributed by atoms with Crippen molar-refractivity contribution in [2.75, 3.05) is 20.3 Å². The van der Waals surface area contributed by atoms with Gasteiger partial charge in [-0.05, 0) is 29.8 Å². The van der Waals surface area contributed by atoms with E-state index in [2.05, 4.69) is 5.32 Å². The number of ether oxygens (including phenoxy) is 2. The summed E-state index contributed by atoms with van der Waals surface area (Å²) in [5.74, 6) is -1.30. The zero-order valence-corrected chi connectivity index (χ0v) is 13.3. The number of carboxylic acid groups (broad SMARTS) is 1. The fourth-order valence-corrected chi connectivity index (χ4v) is 1.98. The normalized spacial score (nSPS) is 10.4. The molecule has 2 N–H and O–H groups in total. The van der Waals surface area contributed by atoms with Crippen molar-refractivity contribution in [3.05, 3.63) is 53.5 Å². The highest BCUT2D eigenvalue weighted by Crippen LogP contribution is 2.14. The van der Waals surface area contributed by atoms with Crippen LogP contribution in [0.2, 0.25) is 0 Å². The number of hydrogen-bond acceptors (Lipinski definition) is 5. The molecule has 0 saturated heterocycles. The van der Waals surface area contributed by atoms with Crippen molar-refractivity contribution < 1.29 is 28.6 Å². The third-order valence-corrected chi connectivity index (χ3v) is 3.15. The fourth-order valence-electron chi connectivity index (χ4n) is 1.98. The van der Waals surface area contributed by atoms with E-state index in [0.29, 0.717) is 19.0 Å². The zero-order valence-electron chi connectivity index (χ0n) is 13.3. The van der Waals surface area contributed by atoms with Gasteiger partial charge in [0.1, 0.15) is 5.75 Å². The number of hydrogen-bond donors (Lipinski definition) is 2. The van der Waals surface area contributed by atoms with Crippen LogP contribution in [-0.4, -0.2) is 37.3 Å². The number of nitrogens with one attached hydrogen (secondary N) is 1. The number of carboxylic acids is 1. The van der Waals surface area contributed by atoms with E-state index in [4.69, 9.17) is 19.0 Å². The van der Waals surface area contributed by atoms with Crippen LogP contribution in [0.1, 0.15) is 33.1 Å². The van der Waals surface area contributed by atoms with Crippen molar-refractivity contribution >= 4 is 11.9 Å². The lowest BCUT2D eigenvalue weighted by Crippen LogP contribution is -2.22. The minimum Gasteiger partial charge on any atom is -0.493 e. The number of benzene rings is 1. The first kappa shape index (κ1) is 17.6. The van der Waals surface area contributed by atoms with Gasteiger partial charge in [-0.25, -0.2) is 4.79 Å². The fraction of sp³-hybridized carbons (Fsp3) is 0.294. The largest absolute Gasteiger partial charge is 0.493 e. The molecule has 1 amide bonds. The molecule has 0 aliphatic rings. The van der Waals surface area contributed by atoms with E-state index in [1.165, 1.54) is 12.1 Å². The molecule has 24 heavy (non-hydrogen) atoms.